The Bertz CT molecular complexity index is 497. The quantitative estimate of drug-likeness (QED) is 0.415. The zero-order valence-electron chi connectivity index (χ0n) is 11.3. The van der Waals surface area contributed by atoms with E-state index in [-0.39, 0.29) is 11.8 Å². The maximum atomic E-state index is 6.96. The zero-order valence-corrected chi connectivity index (χ0v) is 14.3. The summed E-state index contributed by atoms with van der Waals surface area (Å²) in [5.41, 5.74) is 0. The fourth-order valence-corrected chi connectivity index (χ4v) is 6.10. The summed E-state index contributed by atoms with van der Waals surface area (Å²) in [5, 5.41) is 0.716. The second-order valence-corrected chi connectivity index (χ2v) is 7.28. The maximum Gasteiger partial charge on any atom is 0.218 e. The van der Waals surface area contributed by atoms with Gasteiger partial charge in [0.2, 0.25) is 5.79 Å². The van der Waals surface area contributed by atoms with Crippen LogP contribution in [0.5, 0.6) is 0 Å². The van der Waals surface area contributed by atoms with Gasteiger partial charge in [-0.2, -0.15) is 0 Å². The van der Waals surface area contributed by atoms with Crippen LogP contribution in [-0.2, 0) is 9.47 Å². The number of ether oxygens (including phenoxy) is 2. The van der Waals surface area contributed by atoms with Crippen LogP contribution in [0.1, 0.15) is 20.3 Å². The van der Waals surface area contributed by atoms with Gasteiger partial charge in [-0.1, -0.05) is 35.4 Å². The lowest BCUT2D eigenvalue weighted by atomic mass is 9.84. The van der Waals surface area contributed by atoms with E-state index in [1.807, 2.05) is 13.8 Å². The Kier molecular flexibility index (Phi) is 3.69. The smallest absolute Gasteiger partial charge is 0.218 e. The second-order valence-electron chi connectivity index (χ2n) is 5.33. The van der Waals surface area contributed by atoms with Gasteiger partial charge in [-0.05, 0) is 20.3 Å². The van der Waals surface area contributed by atoms with E-state index in [1.165, 1.54) is 0 Å². The summed E-state index contributed by atoms with van der Waals surface area (Å²) in [7, 11) is 0. The molecule has 112 valence electrons. The number of alkyl halides is 2. The number of rotatable bonds is 4. The first-order valence-corrected chi connectivity index (χ1v) is 8.31. The summed E-state index contributed by atoms with van der Waals surface area (Å²) in [6.07, 6.45) is 4.93. The molecule has 0 amide bonds. The third-order valence-electron chi connectivity index (χ3n) is 4.62. The molecular weight excluding hydrogens is 342 g/mol. The first kappa shape index (κ1) is 15.5. The Balaban J connectivity index is 2.25. The predicted octanol–water partition coefficient (Wildman–Crippen LogP) is 4.62. The molecule has 0 aromatic heterocycles. The third kappa shape index (κ3) is 1.37. The van der Waals surface area contributed by atoms with Crippen LogP contribution in [0.3, 0.4) is 0 Å². The van der Waals surface area contributed by atoms with Crippen LogP contribution < -0.4 is 0 Å². The minimum absolute atomic E-state index is 0.0326. The van der Waals surface area contributed by atoms with Gasteiger partial charge in [0.25, 0.3) is 0 Å². The molecule has 0 spiro atoms. The van der Waals surface area contributed by atoms with Crippen molar-refractivity contribution in [3.63, 3.8) is 0 Å². The fourth-order valence-electron chi connectivity index (χ4n) is 3.99. The molecule has 0 aromatic carbocycles. The molecule has 4 atom stereocenters. The van der Waals surface area contributed by atoms with Crippen molar-refractivity contribution in [2.24, 2.45) is 11.8 Å². The minimum atomic E-state index is -1.22. The lowest BCUT2D eigenvalue weighted by Gasteiger charge is -2.43. The van der Waals surface area contributed by atoms with E-state index in [4.69, 9.17) is 55.9 Å². The van der Waals surface area contributed by atoms with Crippen molar-refractivity contribution in [1.29, 1.82) is 0 Å². The third-order valence-corrected chi connectivity index (χ3v) is 7.29. The van der Waals surface area contributed by atoms with Crippen LogP contribution in [0.15, 0.2) is 22.2 Å². The maximum absolute atomic E-state index is 6.96. The standard InChI is InChI=1S/C14H16Cl4O2/c1-3-19-14(20-4-2)12(17)8-6-5-7-9(8)13(14,18)11(16)10(12)15/h5-6,8-9H,3-4,7H2,1-2H3. The number of halogens is 4. The molecule has 2 bridgehead atoms. The van der Waals surface area contributed by atoms with Crippen molar-refractivity contribution in [3.8, 4) is 0 Å². The first-order valence-electron chi connectivity index (χ1n) is 6.80. The lowest BCUT2D eigenvalue weighted by Crippen LogP contribution is -2.58. The van der Waals surface area contributed by atoms with Gasteiger partial charge in [-0.15, -0.1) is 23.2 Å². The summed E-state index contributed by atoms with van der Waals surface area (Å²) in [6, 6.07) is 0. The highest BCUT2D eigenvalue weighted by molar-refractivity contribution is 6.52. The van der Waals surface area contributed by atoms with Gasteiger partial charge in [-0.25, -0.2) is 0 Å². The molecule has 0 aromatic rings. The monoisotopic (exact) mass is 356 g/mol. The molecule has 3 aliphatic carbocycles. The Morgan fingerprint density at radius 2 is 1.65 bits per heavy atom. The van der Waals surface area contributed by atoms with Crippen LogP contribution >= 0.6 is 46.4 Å². The molecular formula is C14H16Cl4O2. The summed E-state index contributed by atoms with van der Waals surface area (Å²) in [4.78, 5) is -2.09. The van der Waals surface area contributed by atoms with Gasteiger partial charge in [-0.3, -0.25) is 0 Å². The highest BCUT2D eigenvalue weighted by Crippen LogP contribution is 2.75. The van der Waals surface area contributed by atoms with Gasteiger partial charge < -0.3 is 9.47 Å². The Labute approximate surface area is 139 Å². The SMILES string of the molecule is CCOC1(OCC)C2(Cl)C(Cl)=C(Cl)C1(Cl)C1CC=CC12. The second kappa shape index (κ2) is 4.78. The Hall–Kier alpha value is 0.560. The van der Waals surface area contributed by atoms with E-state index in [0.29, 0.717) is 23.3 Å². The summed E-state index contributed by atoms with van der Waals surface area (Å²) < 4.78 is 11.9. The largest absolute Gasteiger partial charge is 0.346 e. The Morgan fingerprint density at radius 1 is 1.10 bits per heavy atom. The fraction of sp³-hybridized carbons (Fsp3) is 0.714. The van der Waals surface area contributed by atoms with Crippen LogP contribution in [0, 0.1) is 11.8 Å². The van der Waals surface area contributed by atoms with Crippen LogP contribution in [-0.4, -0.2) is 28.7 Å². The van der Waals surface area contributed by atoms with E-state index < -0.39 is 15.5 Å². The molecule has 0 aliphatic heterocycles. The van der Waals surface area contributed by atoms with Gasteiger partial charge in [0.05, 0.1) is 10.1 Å². The highest BCUT2D eigenvalue weighted by Gasteiger charge is 2.84. The number of allylic oxidation sites excluding steroid dienone is 2. The van der Waals surface area contributed by atoms with Crippen molar-refractivity contribution in [2.45, 2.75) is 35.8 Å². The molecule has 0 N–H and O–H groups in total. The molecule has 2 nitrogen and oxygen atoms in total. The van der Waals surface area contributed by atoms with E-state index in [1.54, 1.807) is 0 Å². The molecule has 6 heteroatoms. The number of hydrogen-bond acceptors (Lipinski definition) is 2. The lowest BCUT2D eigenvalue weighted by molar-refractivity contribution is -0.245. The van der Waals surface area contributed by atoms with Crippen LogP contribution in [0.4, 0.5) is 0 Å². The molecule has 0 saturated heterocycles. The van der Waals surface area contributed by atoms with E-state index in [0.717, 1.165) is 6.42 Å². The average Bonchev–Trinajstić information content (AvgIpc) is 2.99. The molecule has 3 aliphatic rings. The molecule has 1 saturated carbocycles. The molecule has 0 heterocycles. The van der Waals surface area contributed by atoms with E-state index >= 15 is 0 Å². The van der Waals surface area contributed by atoms with Crippen molar-refractivity contribution in [2.75, 3.05) is 13.2 Å². The van der Waals surface area contributed by atoms with Crippen molar-refractivity contribution < 1.29 is 9.47 Å². The van der Waals surface area contributed by atoms with Crippen molar-refractivity contribution in [1.82, 2.24) is 0 Å². The van der Waals surface area contributed by atoms with Gasteiger partial charge in [0.1, 0.15) is 9.75 Å². The molecule has 1 fully saturated rings. The zero-order chi connectivity index (χ0) is 14.8. The number of fused-ring (bicyclic) bond motifs is 5. The number of hydrogen-bond donors (Lipinski definition) is 0. The average molecular weight is 358 g/mol. The van der Waals surface area contributed by atoms with Crippen molar-refractivity contribution >= 4 is 46.4 Å². The van der Waals surface area contributed by atoms with Crippen molar-refractivity contribution in [3.05, 3.63) is 22.2 Å². The van der Waals surface area contributed by atoms with Gasteiger partial charge in [0, 0.05) is 25.0 Å². The summed E-state index contributed by atoms with van der Waals surface area (Å²) in [5.74, 6) is -1.22. The highest BCUT2D eigenvalue weighted by atomic mass is 35.5. The molecule has 0 radical (unpaired) electrons. The summed E-state index contributed by atoms with van der Waals surface area (Å²) >= 11 is 26.8. The minimum Gasteiger partial charge on any atom is -0.346 e. The topological polar surface area (TPSA) is 18.5 Å². The van der Waals surface area contributed by atoms with Crippen LogP contribution in [0.25, 0.3) is 0 Å². The molecule has 3 rings (SSSR count). The molecule has 20 heavy (non-hydrogen) atoms. The normalized spacial score (nSPS) is 44.5. The van der Waals surface area contributed by atoms with Gasteiger partial charge >= 0.3 is 0 Å². The van der Waals surface area contributed by atoms with Gasteiger partial charge in [0.15, 0.2) is 0 Å². The Morgan fingerprint density at radius 3 is 2.20 bits per heavy atom. The summed E-state index contributed by atoms with van der Waals surface area (Å²) in [6.45, 7) is 4.60. The first-order chi connectivity index (χ1) is 9.41. The van der Waals surface area contributed by atoms with E-state index in [9.17, 15) is 0 Å². The van der Waals surface area contributed by atoms with Crippen LogP contribution in [0.2, 0.25) is 0 Å². The van der Waals surface area contributed by atoms with E-state index in [2.05, 4.69) is 12.2 Å². The molecule has 4 unspecified atom stereocenters. The predicted molar refractivity (Wildman–Crippen MR) is 82.6 cm³/mol.